The third kappa shape index (κ3) is 4.88. The molecule has 8 heteroatoms. The highest BCUT2D eigenvalue weighted by Crippen LogP contribution is 2.35. The molecule has 0 aliphatic rings. The van der Waals surface area contributed by atoms with E-state index in [0.29, 0.717) is 23.3 Å². The quantitative estimate of drug-likeness (QED) is 0.222. The van der Waals surface area contributed by atoms with Gasteiger partial charge in [-0.3, -0.25) is 14.9 Å². The lowest BCUT2D eigenvalue weighted by Gasteiger charge is -2.17. The molecule has 0 saturated carbocycles. The van der Waals surface area contributed by atoms with E-state index < -0.39 is 0 Å². The summed E-state index contributed by atoms with van der Waals surface area (Å²) in [5, 5.41) is 12.4. The van der Waals surface area contributed by atoms with Gasteiger partial charge in [0.05, 0.1) is 23.1 Å². The molecule has 0 unspecified atom stereocenters. The SMILES string of the molecule is CC(C)(C)CC(=O)Nc1cncc(-c2ccc3[nH]nc(-c4cc5c(-c6ccccc6F)ccnc5[nH]4)c3c2)c1. The van der Waals surface area contributed by atoms with Gasteiger partial charge >= 0.3 is 0 Å². The Morgan fingerprint density at radius 1 is 0.949 bits per heavy atom. The molecule has 0 saturated heterocycles. The van der Waals surface area contributed by atoms with Crippen molar-refractivity contribution in [2.75, 3.05) is 5.32 Å². The van der Waals surface area contributed by atoms with Crippen LogP contribution in [-0.2, 0) is 4.79 Å². The van der Waals surface area contributed by atoms with Crippen LogP contribution in [-0.4, -0.2) is 31.1 Å². The molecule has 1 amide bonds. The summed E-state index contributed by atoms with van der Waals surface area (Å²) in [6.45, 7) is 6.09. The molecule has 0 radical (unpaired) electrons. The molecule has 0 atom stereocenters. The normalized spacial score (nSPS) is 11.8. The number of aromatic amines is 2. The Morgan fingerprint density at radius 2 is 1.79 bits per heavy atom. The summed E-state index contributed by atoms with van der Waals surface area (Å²) in [5.41, 5.74) is 6.66. The summed E-state index contributed by atoms with van der Waals surface area (Å²) in [4.78, 5) is 24.6. The van der Waals surface area contributed by atoms with Crippen molar-refractivity contribution in [3.8, 4) is 33.6 Å². The van der Waals surface area contributed by atoms with Gasteiger partial charge in [-0.25, -0.2) is 9.37 Å². The van der Waals surface area contributed by atoms with E-state index in [-0.39, 0.29) is 17.1 Å². The second-order valence-corrected chi connectivity index (χ2v) is 10.9. The number of hydrogen-bond donors (Lipinski definition) is 3. The molecule has 0 aliphatic carbocycles. The standard InChI is InChI=1S/C31H27FN6O/c1-31(2,3)15-28(39)35-20-12-19(16-33-17-20)18-8-9-26-24(13-18)29(38-37-26)27-14-23-21(10-11-34-30(23)36-27)22-6-4-5-7-25(22)32/h4-14,16-17H,15H2,1-3H3,(H,34,36)(H,35,39)(H,37,38). The molecule has 4 aromatic heterocycles. The first kappa shape index (κ1) is 24.5. The molecule has 3 N–H and O–H groups in total. The molecule has 194 valence electrons. The van der Waals surface area contributed by atoms with Crippen LogP contribution in [0.3, 0.4) is 0 Å². The Morgan fingerprint density at radius 3 is 2.62 bits per heavy atom. The second-order valence-electron chi connectivity index (χ2n) is 10.9. The van der Waals surface area contributed by atoms with Crippen LogP contribution in [0, 0.1) is 11.2 Å². The van der Waals surface area contributed by atoms with Gasteiger partial charge in [0.1, 0.15) is 17.2 Å². The van der Waals surface area contributed by atoms with Gasteiger partial charge in [0.2, 0.25) is 5.91 Å². The summed E-state index contributed by atoms with van der Waals surface area (Å²) in [5.74, 6) is -0.329. The highest BCUT2D eigenvalue weighted by atomic mass is 19.1. The molecule has 6 rings (SSSR count). The number of carbonyl (C=O) groups is 1. The van der Waals surface area contributed by atoms with Crippen LogP contribution in [0.15, 0.2) is 79.3 Å². The van der Waals surface area contributed by atoms with E-state index in [1.54, 1.807) is 30.7 Å². The van der Waals surface area contributed by atoms with Crippen molar-refractivity contribution in [1.82, 2.24) is 25.1 Å². The van der Waals surface area contributed by atoms with Crippen molar-refractivity contribution in [2.45, 2.75) is 27.2 Å². The molecule has 39 heavy (non-hydrogen) atoms. The largest absolute Gasteiger partial charge is 0.338 e. The first-order chi connectivity index (χ1) is 18.7. The van der Waals surface area contributed by atoms with Gasteiger partial charge in [-0.05, 0) is 52.9 Å². The smallest absolute Gasteiger partial charge is 0.224 e. The number of benzene rings is 2. The lowest BCUT2D eigenvalue weighted by Crippen LogP contribution is -2.19. The zero-order valence-electron chi connectivity index (χ0n) is 21.8. The minimum atomic E-state index is -0.284. The zero-order chi connectivity index (χ0) is 27.1. The molecule has 4 heterocycles. The van der Waals surface area contributed by atoms with Crippen molar-refractivity contribution in [1.29, 1.82) is 0 Å². The molecule has 0 bridgehead atoms. The fraction of sp³-hybridized carbons (Fsp3) is 0.161. The molecule has 0 fully saturated rings. The number of nitrogens with one attached hydrogen (secondary N) is 3. The molecule has 6 aromatic rings. The van der Waals surface area contributed by atoms with E-state index in [0.717, 1.165) is 44.4 Å². The molecule has 2 aromatic carbocycles. The number of aromatic nitrogens is 5. The predicted molar refractivity (Wildman–Crippen MR) is 153 cm³/mol. The zero-order valence-corrected chi connectivity index (χ0v) is 21.8. The average Bonchev–Trinajstić information content (AvgIpc) is 3.51. The van der Waals surface area contributed by atoms with E-state index in [1.165, 1.54) is 6.07 Å². The number of carbonyl (C=O) groups excluding carboxylic acids is 1. The van der Waals surface area contributed by atoms with E-state index in [2.05, 4.69) is 30.5 Å². The van der Waals surface area contributed by atoms with Gasteiger partial charge in [-0.15, -0.1) is 0 Å². The number of amides is 1. The number of hydrogen-bond acceptors (Lipinski definition) is 4. The number of anilines is 1. The van der Waals surface area contributed by atoms with Crippen molar-refractivity contribution in [3.63, 3.8) is 0 Å². The van der Waals surface area contributed by atoms with E-state index in [4.69, 9.17) is 0 Å². The molecule has 0 spiro atoms. The van der Waals surface area contributed by atoms with Crippen molar-refractivity contribution in [2.24, 2.45) is 5.41 Å². The summed E-state index contributed by atoms with van der Waals surface area (Å²) in [6.07, 6.45) is 5.51. The minimum absolute atomic E-state index is 0.0452. The maximum atomic E-state index is 14.6. The van der Waals surface area contributed by atoms with Crippen molar-refractivity contribution >= 4 is 33.5 Å². The minimum Gasteiger partial charge on any atom is -0.338 e. The summed E-state index contributed by atoms with van der Waals surface area (Å²) < 4.78 is 14.6. The third-order valence-electron chi connectivity index (χ3n) is 6.56. The van der Waals surface area contributed by atoms with Crippen LogP contribution in [0.4, 0.5) is 10.1 Å². The summed E-state index contributed by atoms with van der Waals surface area (Å²) in [6, 6.07) is 18.4. The van der Waals surface area contributed by atoms with Crippen LogP contribution < -0.4 is 5.32 Å². The number of halogens is 1. The maximum absolute atomic E-state index is 14.6. The Labute approximate surface area is 224 Å². The van der Waals surface area contributed by atoms with Crippen molar-refractivity contribution < 1.29 is 9.18 Å². The van der Waals surface area contributed by atoms with Crippen LogP contribution >= 0.6 is 0 Å². The summed E-state index contributed by atoms with van der Waals surface area (Å²) in [7, 11) is 0. The molecule has 7 nitrogen and oxygen atoms in total. The fourth-order valence-electron chi connectivity index (χ4n) is 4.82. The Hall–Kier alpha value is -4.85. The first-order valence-corrected chi connectivity index (χ1v) is 12.7. The third-order valence-corrected chi connectivity index (χ3v) is 6.56. The second kappa shape index (κ2) is 9.47. The Kier molecular flexibility index (Phi) is 5.95. The van der Waals surface area contributed by atoms with Crippen LogP contribution in [0.25, 0.3) is 55.6 Å². The van der Waals surface area contributed by atoms with E-state index in [9.17, 15) is 9.18 Å². The van der Waals surface area contributed by atoms with Gasteiger partial charge in [-0.1, -0.05) is 45.0 Å². The molecular formula is C31H27FN6O. The topological polar surface area (TPSA) is 99.3 Å². The van der Waals surface area contributed by atoms with Gasteiger partial charge in [-0.2, -0.15) is 5.10 Å². The lowest BCUT2D eigenvalue weighted by molar-refractivity contribution is -0.117. The van der Waals surface area contributed by atoms with Gasteiger partial charge in [0.25, 0.3) is 0 Å². The summed E-state index contributed by atoms with van der Waals surface area (Å²) >= 11 is 0. The predicted octanol–water partition coefficient (Wildman–Crippen LogP) is 7.35. The number of nitrogens with zero attached hydrogens (tertiary/aromatic N) is 3. The highest BCUT2D eigenvalue weighted by Gasteiger charge is 2.18. The number of rotatable bonds is 5. The van der Waals surface area contributed by atoms with Crippen molar-refractivity contribution in [3.05, 3.63) is 85.1 Å². The Bertz CT molecular complexity index is 1850. The molecular weight excluding hydrogens is 491 g/mol. The van der Waals surface area contributed by atoms with Gasteiger partial charge in [0, 0.05) is 40.7 Å². The average molecular weight is 519 g/mol. The highest BCUT2D eigenvalue weighted by molar-refractivity contribution is 6.01. The van der Waals surface area contributed by atoms with Gasteiger partial charge in [0.15, 0.2) is 0 Å². The van der Waals surface area contributed by atoms with Crippen LogP contribution in [0.1, 0.15) is 27.2 Å². The van der Waals surface area contributed by atoms with Crippen LogP contribution in [0.5, 0.6) is 0 Å². The number of H-pyrrole nitrogens is 2. The Balaban J connectivity index is 1.37. The fourth-order valence-corrected chi connectivity index (χ4v) is 4.82. The first-order valence-electron chi connectivity index (χ1n) is 12.7. The van der Waals surface area contributed by atoms with Gasteiger partial charge < -0.3 is 10.3 Å². The van der Waals surface area contributed by atoms with E-state index >= 15 is 0 Å². The maximum Gasteiger partial charge on any atom is 0.224 e. The molecule has 0 aliphatic heterocycles. The lowest BCUT2D eigenvalue weighted by atomic mass is 9.92. The number of pyridine rings is 2. The van der Waals surface area contributed by atoms with Crippen LogP contribution in [0.2, 0.25) is 0 Å². The van der Waals surface area contributed by atoms with E-state index in [1.807, 2.05) is 63.2 Å². The number of fused-ring (bicyclic) bond motifs is 2. The monoisotopic (exact) mass is 518 g/mol.